The number of aliphatic carboxylic acids is 2. The van der Waals surface area contributed by atoms with E-state index >= 15 is 0 Å². The summed E-state index contributed by atoms with van der Waals surface area (Å²) >= 11 is 0. The summed E-state index contributed by atoms with van der Waals surface area (Å²) in [4.78, 5) is 22.8. The smallest absolute Gasteiger partial charge is 0.312 e. The molecule has 0 aromatic rings. The summed E-state index contributed by atoms with van der Waals surface area (Å²) in [5.74, 6) is -2.23. The third kappa shape index (κ3) is 6.69. The van der Waals surface area contributed by atoms with Gasteiger partial charge in [0.05, 0.1) is 31.2 Å². The summed E-state index contributed by atoms with van der Waals surface area (Å²) in [5, 5.41) is 18.6. The van der Waals surface area contributed by atoms with E-state index < -0.39 is 29.9 Å². The van der Waals surface area contributed by atoms with E-state index in [0.717, 1.165) is 0 Å². The Kier molecular flexibility index (Phi) is 10.7. The van der Waals surface area contributed by atoms with Crippen molar-refractivity contribution in [1.29, 1.82) is 0 Å². The molecule has 0 aliphatic heterocycles. The summed E-state index contributed by atoms with van der Waals surface area (Å²) in [6.07, 6.45) is -1.05. The van der Waals surface area contributed by atoms with E-state index in [1.807, 2.05) is 0 Å². The minimum atomic E-state index is -1.33. The Labute approximate surface area is 130 Å². The van der Waals surface area contributed by atoms with Crippen molar-refractivity contribution in [2.45, 2.75) is 32.3 Å². The normalized spacial score (nSPS) is 15.2. The van der Waals surface area contributed by atoms with Crippen LogP contribution in [0.15, 0.2) is 0 Å². The third-order valence-corrected chi connectivity index (χ3v) is 3.57. The molecule has 0 saturated heterocycles. The van der Waals surface area contributed by atoms with Crippen LogP contribution in [0.2, 0.25) is 0 Å². The van der Waals surface area contributed by atoms with Crippen molar-refractivity contribution in [2.24, 2.45) is 5.41 Å². The zero-order chi connectivity index (χ0) is 17.0. The molecule has 0 aliphatic rings. The highest BCUT2D eigenvalue weighted by molar-refractivity contribution is 5.77. The lowest BCUT2D eigenvalue weighted by Crippen LogP contribution is -2.46. The lowest BCUT2D eigenvalue weighted by atomic mass is 9.75. The van der Waals surface area contributed by atoms with Crippen molar-refractivity contribution in [1.82, 2.24) is 0 Å². The number of rotatable bonds is 14. The van der Waals surface area contributed by atoms with Gasteiger partial charge in [0.1, 0.15) is 6.79 Å². The van der Waals surface area contributed by atoms with Gasteiger partial charge in [-0.05, 0) is 12.8 Å². The lowest BCUT2D eigenvalue weighted by Gasteiger charge is -2.35. The molecule has 0 radical (unpaired) electrons. The van der Waals surface area contributed by atoms with Gasteiger partial charge in [0.15, 0.2) is 0 Å². The Hall–Kier alpha value is -1.22. The van der Waals surface area contributed by atoms with Gasteiger partial charge in [-0.3, -0.25) is 9.59 Å². The second kappa shape index (κ2) is 11.4. The van der Waals surface area contributed by atoms with E-state index in [-0.39, 0.29) is 32.8 Å². The second-order valence-corrected chi connectivity index (χ2v) is 4.83. The molecule has 0 saturated carbocycles. The minimum Gasteiger partial charge on any atom is -0.481 e. The van der Waals surface area contributed by atoms with Crippen molar-refractivity contribution in [3.8, 4) is 0 Å². The zero-order valence-corrected chi connectivity index (χ0v) is 13.4. The molecule has 1 unspecified atom stereocenters. The first kappa shape index (κ1) is 20.8. The fourth-order valence-electron chi connectivity index (χ4n) is 2.15. The van der Waals surface area contributed by atoms with Gasteiger partial charge in [-0.15, -0.1) is 0 Å². The zero-order valence-electron chi connectivity index (χ0n) is 13.4. The molecule has 0 bridgehead atoms. The highest BCUT2D eigenvalue weighted by atomic mass is 16.7. The van der Waals surface area contributed by atoms with Gasteiger partial charge in [-0.2, -0.15) is 0 Å². The Balaban J connectivity index is 4.95. The number of carboxylic acids is 2. The molecule has 2 N–H and O–H groups in total. The molecular formula is C14H26O8. The van der Waals surface area contributed by atoms with Crippen LogP contribution in [0.3, 0.4) is 0 Å². The maximum atomic E-state index is 11.7. The molecule has 0 aromatic heterocycles. The Morgan fingerprint density at radius 1 is 1.09 bits per heavy atom. The molecule has 130 valence electrons. The van der Waals surface area contributed by atoms with E-state index in [4.69, 9.17) is 24.1 Å². The van der Waals surface area contributed by atoms with Crippen LogP contribution in [-0.2, 0) is 28.5 Å². The average Bonchev–Trinajstić information content (AvgIpc) is 2.47. The molecule has 8 heteroatoms. The summed E-state index contributed by atoms with van der Waals surface area (Å²) in [6, 6.07) is 0. The van der Waals surface area contributed by atoms with E-state index in [9.17, 15) is 14.7 Å². The highest BCUT2D eigenvalue weighted by Crippen LogP contribution is 2.35. The van der Waals surface area contributed by atoms with E-state index in [1.54, 1.807) is 6.92 Å². The molecule has 0 fully saturated rings. The number of methoxy groups -OCH3 is 2. The number of ether oxygens (including phenoxy) is 4. The van der Waals surface area contributed by atoms with Gasteiger partial charge >= 0.3 is 11.9 Å². The first-order valence-electron chi connectivity index (χ1n) is 7.07. The van der Waals surface area contributed by atoms with Crippen LogP contribution in [-0.4, -0.2) is 69.1 Å². The predicted molar refractivity (Wildman–Crippen MR) is 76.7 cm³/mol. The van der Waals surface area contributed by atoms with Crippen molar-refractivity contribution in [2.75, 3.05) is 40.8 Å². The van der Waals surface area contributed by atoms with Crippen molar-refractivity contribution in [3.63, 3.8) is 0 Å². The quantitative estimate of drug-likeness (QED) is 0.360. The average molecular weight is 322 g/mol. The molecule has 0 heterocycles. The maximum Gasteiger partial charge on any atom is 0.312 e. The van der Waals surface area contributed by atoms with E-state index in [2.05, 4.69) is 0 Å². The van der Waals surface area contributed by atoms with Crippen LogP contribution in [0.5, 0.6) is 0 Å². The Morgan fingerprint density at radius 2 is 1.73 bits per heavy atom. The summed E-state index contributed by atoms with van der Waals surface area (Å²) in [6.45, 7) is 2.34. The fraction of sp³-hybridized carbons (Fsp3) is 0.857. The molecule has 2 atom stereocenters. The van der Waals surface area contributed by atoms with Gasteiger partial charge in [-0.25, -0.2) is 0 Å². The summed E-state index contributed by atoms with van der Waals surface area (Å²) in [7, 11) is 2.98. The number of hydrogen-bond acceptors (Lipinski definition) is 6. The third-order valence-electron chi connectivity index (χ3n) is 3.57. The van der Waals surface area contributed by atoms with Gasteiger partial charge in [0, 0.05) is 20.8 Å². The topological polar surface area (TPSA) is 112 Å². The lowest BCUT2D eigenvalue weighted by molar-refractivity contribution is -0.180. The standard InChI is InChI=1S/C14H26O8/c1-4-14(13(17)18,5-6-19-2)11(9-12(15)16)22-10-21-8-7-20-3/h11H,4-10H2,1-3H3,(H,15,16)(H,17,18)/t11-,14?/m1/s1. The molecule has 0 aromatic carbocycles. The van der Waals surface area contributed by atoms with Crippen molar-refractivity contribution < 1.29 is 38.7 Å². The van der Waals surface area contributed by atoms with Crippen LogP contribution in [0.1, 0.15) is 26.2 Å². The number of hydrogen-bond donors (Lipinski definition) is 2. The van der Waals surface area contributed by atoms with Crippen molar-refractivity contribution >= 4 is 11.9 Å². The highest BCUT2D eigenvalue weighted by Gasteiger charge is 2.46. The monoisotopic (exact) mass is 322 g/mol. The van der Waals surface area contributed by atoms with Gasteiger partial charge in [0.25, 0.3) is 0 Å². The Bertz CT molecular complexity index is 333. The largest absolute Gasteiger partial charge is 0.481 e. The summed E-state index contributed by atoms with van der Waals surface area (Å²) in [5.41, 5.74) is -1.33. The molecule has 0 rings (SSSR count). The van der Waals surface area contributed by atoms with Crippen LogP contribution in [0.25, 0.3) is 0 Å². The van der Waals surface area contributed by atoms with E-state index in [1.165, 1.54) is 14.2 Å². The van der Waals surface area contributed by atoms with E-state index in [0.29, 0.717) is 6.61 Å². The van der Waals surface area contributed by atoms with Gasteiger partial charge in [0.2, 0.25) is 0 Å². The van der Waals surface area contributed by atoms with Gasteiger partial charge in [-0.1, -0.05) is 6.92 Å². The first-order valence-corrected chi connectivity index (χ1v) is 7.07. The van der Waals surface area contributed by atoms with Crippen LogP contribution >= 0.6 is 0 Å². The number of carbonyl (C=O) groups is 2. The predicted octanol–water partition coefficient (Wildman–Crippen LogP) is 0.984. The second-order valence-electron chi connectivity index (χ2n) is 4.83. The molecule has 0 aliphatic carbocycles. The molecule has 22 heavy (non-hydrogen) atoms. The first-order chi connectivity index (χ1) is 10.4. The molecule has 0 spiro atoms. The van der Waals surface area contributed by atoms with Crippen LogP contribution in [0.4, 0.5) is 0 Å². The molecule has 8 nitrogen and oxygen atoms in total. The molecule has 0 amide bonds. The number of carboxylic acid groups (broad SMARTS) is 2. The SMILES string of the molecule is CCC(CCOC)(C(=O)O)[C@@H](CC(=O)O)OCOCCOC. The van der Waals surface area contributed by atoms with Gasteiger partial charge < -0.3 is 29.2 Å². The summed E-state index contributed by atoms with van der Waals surface area (Å²) < 4.78 is 20.3. The van der Waals surface area contributed by atoms with Crippen molar-refractivity contribution in [3.05, 3.63) is 0 Å². The molecular weight excluding hydrogens is 296 g/mol. The maximum absolute atomic E-state index is 11.7. The van der Waals surface area contributed by atoms with Crippen LogP contribution < -0.4 is 0 Å². The minimum absolute atomic E-state index is 0.158. The Morgan fingerprint density at radius 3 is 2.18 bits per heavy atom. The van der Waals surface area contributed by atoms with Crippen LogP contribution in [0, 0.1) is 5.41 Å². The fourth-order valence-corrected chi connectivity index (χ4v) is 2.15.